The Morgan fingerprint density at radius 2 is 1.67 bits per heavy atom. The van der Waals surface area contributed by atoms with Gasteiger partial charge in [0.05, 0.1) is 12.8 Å². The van der Waals surface area contributed by atoms with Crippen LogP contribution in [0, 0.1) is 0 Å². The van der Waals surface area contributed by atoms with Crippen LogP contribution in [0.3, 0.4) is 0 Å². The smallest absolute Gasteiger partial charge is 0.248 e. The first-order chi connectivity index (χ1) is 12.7. The highest BCUT2D eigenvalue weighted by Crippen LogP contribution is 2.28. The van der Waals surface area contributed by atoms with Crippen molar-refractivity contribution in [1.29, 1.82) is 0 Å². The number of methoxy groups -OCH3 is 1. The van der Waals surface area contributed by atoms with E-state index in [0.717, 1.165) is 5.56 Å². The van der Waals surface area contributed by atoms with Crippen molar-refractivity contribution in [2.45, 2.75) is 33.1 Å². The maximum absolute atomic E-state index is 12.3. The van der Waals surface area contributed by atoms with Crippen LogP contribution >= 0.6 is 0 Å². The number of hydrogen-bond donors (Lipinski definition) is 2. The molecule has 0 atom stereocenters. The number of rotatable bonds is 5. The summed E-state index contributed by atoms with van der Waals surface area (Å²) in [6.45, 7) is 7.91. The monoisotopic (exact) mass is 366 g/mol. The Kier molecular flexibility index (Phi) is 6.40. The van der Waals surface area contributed by atoms with Crippen LogP contribution in [0.15, 0.2) is 48.5 Å². The van der Waals surface area contributed by atoms with Crippen molar-refractivity contribution in [3.8, 4) is 5.75 Å². The number of anilines is 2. The summed E-state index contributed by atoms with van der Waals surface area (Å²) < 4.78 is 5.26. The molecule has 0 saturated carbocycles. The number of benzene rings is 2. The molecule has 142 valence electrons. The molecule has 0 aliphatic rings. The second kappa shape index (κ2) is 8.54. The quantitative estimate of drug-likeness (QED) is 0.760. The Morgan fingerprint density at radius 3 is 2.22 bits per heavy atom. The molecule has 0 aliphatic heterocycles. The lowest BCUT2D eigenvalue weighted by molar-refractivity contribution is -0.114. The predicted octanol–water partition coefficient (Wildman–Crippen LogP) is 4.60. The summed E-state index contributed by atoms with van der Waals surface area (Å²) in [4.78, 5) is 23.5. The Labute approximate surface area is 160 Å². The number of nitrogens with one attached hydrogen (secondary N) is 2. The van der Waals surface area contributed by atoms with Crippen LogP contribution in [-0.2, 0) is 15.0 Å². The summed E-state index contributed by atoms with van der Waals surface area (Å²) in [5, 5.41) is 5.46. The van der Waals surface area contributed by atoms with E-state index in [0.29, 0.717) is 17.1 Å². The zero-order valence-electron chi connectivity index (χ0n) is 16.4. The minimum atomic E-state index is -0.284. The van der Waals surface area contributed by atoms with E-state index < -0.39 is 0 Å². The molecule has 0 spiro atoms. The van der Waals surface area contributed by atoms with Crippen molar-refractivity contribution in [1.82, 2.24) is 0 Å². The molecule has 0 heterocycles. The van der Waals surface area contributed by atoms with E-state index >= 15 is 0 Å². The minimum absolute atomic E-state index is 0.0924. The maximum atomic E-state index is 12.3. The molecule has 0 aliphatic carbocycles. The maximum Gasteiger partial charge on any atom is 0.248 e. The summed E-state index contributed by atoms with van der Waals surface area (Å²) in [7, 11) is 1.52. The van der Waals surface area contributed by atoms with Crippen LogP contribution in [0.4, 0.5) is 11.4 Å². The third-order valence-electron chi connectivity index (χ3n) is 3.98. The van der Waals surface area contributed by atoms with Gasteiger partial charge in [-0.1, -0.05) is 45.0 Å². The fraction of sp³-hybridized carbons (Fsp3) is 0.273. The van der Waals surface area contributed by atoms with Gasteiger partial charge >= 0.3 is 0 Å². The highest BCUT2D eigenvalue weighted by atomic mass is 16.5. The molecule has 0 saturated heterocycles. The van der Waals surface area contributed by atoms with E-state index in [1.54, 1.807) is 24.3 Å². The topological polar surface area (TPSA) is 67.4 Å². The molecule has 2 aromatic rings. The molecule has 0 fully saturated rings. The SMILES string of the molecule is COc1ccc(NC(C)=O)cc1NC(=O)/C=C/c1ccc(C(C)(C)C)cc1. The summed E-state index contributed by atoms with van der Waals surface area (Å²) in [6.07, 6.45) is 3.22. The van der Waals surface area contributed by atoms with Crippen LogP contribution in [0.25, 0.3) is 6.08 Å². The Balaban J connectivity index is 2.10. The van der Waals surface area contributed by atoms with Gasteiger partial charge in [-0.15, -0.1) is 0 Å². The number of amides is 2. The average molecular weight is 366 g/mol. The highest BCUT2D eigenvalue weighted by molar-refractivity contribution is 6.03. The molecule has 2 aromatic carbocycles. The van der Waals surface area contributed by atoms with Crippen molar-refractivity contribution in [2.24, 2.45) is 0 Å². The fourth-order valence-electron chi connectivity index (χ4n) is 2.53. The molecule has 2 N–H and O–H groups in total. The summed E-state index contributed by atoms with van der Waals surface area (Å²) in [5.74, 6) is 0.0459. The standard InChI is InChI=1S/C22H26N2O3/c1-15(25)23-18-11-12-20(27-5)19(14-18)24-21(26)13-8-16-6-9-17(10-7-16)22(2,3)4/h6-14H,1-5H3,(H,23,25)(H,24,26)/b13-8+. The molecule has 0 radical (unpaired) electrons. The average Bonchev–Trinajstić information content (AvgIpc) is 2.59. The number of carbonyl (C=O) groups is 2. The second-order valence-corrected chi connectivity index (χ2v) is 7.29. The molecule has 0 unspecified atom stereocenters. The molecule has 0 bridgehead atoms. The first kappa shape index (κ1) is 20.2. The largest absolute Gasteiger partial charge is 0.495 e. The second-order valence-electron chi connectivity index (χ2n) is 7.29. The van der Waals surface area contributed by atoms with Gasteiger partial charge < -0.3 is 15.4 Å². The van der Waals surface area contributed by atoms with Gasteiger partial charge in [-0.05, 0) is 40.8 Å². The van der Waals surface area contributed by atoms with Crippen molar-refractivity contribution >= 4 is 29.3 Å². The summed E-state index contributed by atoms with van der Waals surface area (Å²) in [5.41, 5.74) is 3.34. The van der Waals surface area contributed by atoms with E-state index in [-0.39, 0.29) is 17.2 Å². The Hall–Kier alpha value is -3.08. The van der Waals surface area contributed by atoms with Gasteiger partial charge in [0, 0.05) is 18.7 Å². The van der Waals surface area contributed by atoms with Gasteiger partial charge in [-0.3, -0.25) is 9.59 Å². The molecule has 0 aromatic heterocycles. The van der Waals surface area contributed by atoms with Crippen molar-refractivity contribution < 1.29 is 14.3 Å². The fourth-order valence-corrected chi connectivity index (χ4v) is 2.53. The lowest BCUT2D eigenvalue weighted by atomic mass is 9.87. The number of hydrogen-bond acceptors (Lipinski definition) is 3. The van der Waals surface area contributed by atoms with Crippen LogP contribution in [0.1, 0.15) is 38.8 Å². The molecule has 5 heteroatoms. The molecule has 27 heavy (non-hydrogen) atoms. The third-order valence-corrected chi connectivity index (χ3v) is 3.98. The molecule has 2 amide bonds. The van der Waals surface area contributed by atoms with E-state index in [9.17, 15) is 9.59 Å². The van der Waals surface area contributed by atoms with Gasteiger partial charge in [0.25, 0.3) is 0 Å². The minimum Gasteiger partial charge on any atom is -0.495 e. The van der Waals surface area contributed by atoms with Crippen molar-refractivity contribution in [2.75, 3.05) is 17.7 Å². The van der Waals surface area contributed by atoms with Gasteiger partial charge in [-0.25, -0.2) is 0 Å². The van der Waals surface area contributed by atoms with Crippen LogP contribution in [0.5, 0.6) is 5.75 Å². The van der Waals surface area contributed by atoms with E-state index in [4.69, 9.17) is 4.74 Å². The normalized spacial score (nSPS) is 11.3. The first-order valence-electron chi connectivity index (χ1n) is 8.74. The van der Waals surface area contributed by atoms with E-state index in [1.165, 1.54) is 25.7 Å². The van der Waals surface area contributed by atoms with Crippen molar-refractivity contribution in [3.63, 3.8) is 0 Å². The summed E-state index contributed by atoms with van der Waals surface area (Å²) >= 11 is 0. The summed E-state index contributed by atoms with van der Waals surface area (Å²) in [6, 6.07) is 13.2. The van der Waals surface area contributed by atoms with Gasteiger partial charge in [0.1, 0.15) is 5.75 Å². The number of ether oxygens (including phenoxy) is 1. The van der Waals surface area contributed by atoms with E-state index in [1.807, 2.05) is 12.1 Å². The van der Waals surface area contributed by atoms with Crippen LogP contribution < -0.4 is 15.4 Å². The van der Waals surface area contributed by atoms with Gasteiger partial charge in [0.15, 0.2) is 0 Å². The molecule has 2 rings (SSSR count). The van der Waals surface area contributed by atoms with Crippen LogP contribution in [-0.4, -0.2) is 18.9 Å². The lowest BCUT2D eigenvalue weighted by Gasteiger charge is -2.18. The lowest BCUT2D eigenvalue weighted by Crippen LogP contribution is -2.11. The first-order valence-corrected chi connectivity index (χ1v) is 8.74. The Morgan fingerprint density at radius 1 is 1.00 bits per heavy atom. The zero-order valence-corrected chi connectivity index (χ0v) is 16.4. The number of carbonyl (C=O) groups excluding carboxylic acids is 2. The van der Waals surface area contributed by atoms with Gasteiger partial charge in [-0.2, -0.15) is 0 Å². The molecular formula is C22H26N2O3. The molecule has 5 nitrogen and oxygen atoms in total. The van der Waals surface area contributed by atoms with E-state index in [2.05, 4.69) is 43.5 Å². The van der Waals surface area contributed by atoms with Crippen LogP contribution in [0.2, 0.25) is 0 Å². The van der Waals surface area contributed by atoms with Crippen molar-refractivity contribution in [3.05, 3.63) is 59.7 Å². The zero-order chi connectivity index (χ0) is 20.0. The Bertz CT molecular complexity index is 847. The van der Waals surface area contributed by atoms with Gasteiger partial charge in [0.2, 0.25) is 11.8 Å². The highest BCUT2D eigenvalue weighted by Gasteiger charge is 2.12. The molecular weight excluding hydrogens is 340 g/mol. The third kappa shape index (κ3) is 5.99. The predicted molar refractivity (Wildman–Crippen MR) is 110 cm³/mol.